The summed E-state index contributed by atoms with van der Waals surface area (Å²) >= 11 is 5.94. The van der Waals surface area contributed by atoms with Gasteiger partial charge in [0, 0.05) is 24.8 Å². The average molecular weight is 475 g/mol. The Bertz CT molecular complexity index is 667. The number of nitrogens with zero attached hydrogens (tertiary/aromatic N) is 2. The van der Waals surface area contributed by atoms with E-state index in [9.17, 15) is 0 Å². The number of aryl methyl sites for hydroxylation is 1. The van der Waals surface area contributed by atoms with Crippen molar-refractivity contribution in [1.82, 2.24) is 15.6 Å². The van der Waals surface area contributed by atoms with Crippen LogP contribution in [0.5, 0.6) is 5.75 Å². The van der Waals surface area contributed by atoms with Crippen LogP contribution in [0.25, 0.3) is 0 Å². The molecule has 0 saturated carbocycles. The maximum absolute atomic E-state index is 5.94. The molecule has 25 heavy (non-hydrogen) atoms. The van der Waals surface area contributed by atoms with Crippen LogP contribution in [0.3, 0.4) is 0 Å². The maximum atomic E-state index is 5.94. The second-order valence-electron chi connectivity index (χ2n) is 5.29. The molecule has 2 rings (SSSR count). The van der Waals surface area contributed by atoms with Gasteiger partial charge in [-0.2, -0.15) is 0 Å². The molecule has 0 aliphatic heterocycles. The molecule has 1 heterocycles. The average Bonchev–Trinajstić information content (AvgIpc) is 2.60. The molecule has 0 atom stereocenters. The zero-order valence-corrected chi connectivity index (χ0v) is 17.5. The van der Waals surface area contributed by atoms with Gasteiger partial charge in [-0.1, -0.05) is 17.7 Å². The lowest BCUT2D eigenvalue weighted by Crippen LogP contribution is -2.37. The van der Waals surface area contributed by atoms with Gasteiger partial charge < -0.3 is 15.4 Å². The second-order valence-corrected chi connectivity index (χ2v) is 5.72. The van der Waals surface area contributed by atoms with Crippen LogP contribution in [0.2, 0.25) is 5.02 Å². The van der Waals surface area contributed by atoms with E-state index in [2.05, 4.69) is 20.6 Å². The van der Waals surface area contributed by atoms with Crippen molar-refractivity contribution >= 4 is 41.5 Å². The predicted molar refractivity (Wildman–Crippen MR) is 114 cm³/mol. The van der Waals surface area contributed by atoms with E-state index in [4.69, 9.17) is 16.3 Å². The van der Waals surface area contributed by atoms with E-state index in [1.807, 2.05) is 43.3 Å². The van der Waals surface area contributed by atoms with Crippen molar-refractivity contribution < 1.29 is 4.74 Å². The largest absolute Gasteiger partial charge is 0.493 e. The molecule has 0 bridgehead atoms. The van der Waals surface area contributed by atoms with Crippen molar-refractivity contribution in [2.45, 2.75) is 19.9 Å². The summed E-state index contributed by atoms with van der Waals surface area (Å²) in [6, 6.07) is 11.5. The van der Waals surface area contributed by atoms with Crippen molar-refractivity contribution in [2.24, 2.45) is 4.99 Å². The minimum absolute atomic E-state index is 0. The molecule has 7 heteroatoms. The normalized spacial score (nSPS) is 10.8. The first-order valence-electron chi connectivity index (χ1n) is 7.92. The summed E-state index contributed by atoms with van der Waals surface area (Å²) in [5.41, 5.74) is 2.02. The van der Waals surface area contributed by atoms with E-state index in [0.717, 1.165) is 41.0 Å². The summed E-state index contributed by atoms with van der Waals surface area (Å²) in [5.74, 6) is 1.63. The molecular weight excluding hydrogens is 451 g/mol. The van der Waals surface area contributed by atoms with Crippen molar-refractivity contribution in [3.8, 4) is 5.75 Å². The van der Waals surface area contributed by atoms with E-state index in [1.165, 1.54) is 0 Å². The first-order chi connectivity index (χ1) is 11.7. The molecule has 2 aromatic rings. The van der Waals surface area contributed by atoms with E-state index >= 15 is 0 Å². The lowest BCUT2D eigenvalue weighted by atomic mass is 10.2. The molecule has 0 fully saturated rings. The molecule has 0 amide bonds. The van der Waals surface area contributed by atoms with E-state index < -0.39 is 0 Å². The Hall–Kier alpha value is -1.54. The third-order valence-electron chi connectivity index (χ3n) is 3.39. The molecule has 0 unspecified atom stereocenters. The Morgan fingerprint density at radius 2 is 2.08 bits per heavy atom. The van der Waals surface area contributed by atoms with Gasteiger partial charge in [0.05, 0.1) is 18.8 Å². The number of pyridine rings is 1. The minimum Gasteiger partial charge on any atom is -0.493 e. The highest BCUT2D eigenvalue weighted by molar-refractivity contribution is 14.0. The second kappa shape index (κ2) is 11.9. The van der Waals surface area contributed by atoms with Gasteiger partial charge in [0.25, 0.3) is 0 Å². The molecule has 0 aliphatic rings. The van der Waals surface area contributed by atoms with Crippen molar-refractivity contribution in [1.29, 1.82) is 0 Å². The van der Waals surface area contributed by atoms with Crippen LogP contribution in [0.4, 0.5) is 0 Å². The van der Waals surface area contributed by atoms with Crippen LogP contribution in [0.1, 0.15) is 17.7 Å². The van der Waals surface area contributed by atoms with Crippen molar-refractivity contribution in [3.63, 3.8) is 0 Å². The number of guanidine groups is 1. The Labute approximate surface area is 171 Å². The standard InChI is InChI=1S/C18H23ClN4O.HI/c1-14-12-15(19)7-8-17(14)24-11-5-10-22-18(20-2)23-13-16-6-3-4-9-21-16;/h3-4,6-9,12H,5,10-11,13H2,1-2H3,(H2,20,22,23);1H. The van der Waals surface area contributed by atoms with Crippen molar-refractivity contribution in [2.75, 3.05) is 20.2 Å². The molecular formula is C18H24ClIN4O. The summed E-state index contributed by atoms with van der Waals surface area (Å²) in [4.78, 5) is 8.46. The van der Waals surface area contributed by atoms with E-state index in [1.54, 1.807) is 13.2 Å². The van der Waals surface area contributed by atoms with Gasteiger partial charge >= 0.3 is 0 Å². The molecule has 136 valence electrons. The molecule has 1 aromatic carbocycles. The fourth-order valence-electron chi connectivity index (χ4n) is 2.13. The van der Waals surface area contributed by atoms with Crippen LogP contribution in [-0.2, 0) is 6.54 Å². The quantitative estimate of drug-likeness (QED) is 0.277. The van der Waals surface area contributed by atoms with Gasteiger partial charge in [0.2, 0.25) is 0 Å². The number of benzene rings is 1. The fraction of sp³-hybridized carbons (Fsp3) is 0.333. The zero-order chi connectivity index (χ0) is 17.2. The number of hydrogen-bond acceptors (Lipinski definition) is 3. The predicted octanol–water partition coefficient (Wildman–Crippen LogP) is 3.80. The highest BCUT2D eigenvalue weighted by Crippen LogP contribution is 2.21. The summed E-state index contributed by atoms with van der Waals surface area (Å²) in [7, 11) is 1.75. The summed E-state index contributed by atoms with van der Waals surface area (Å²) < 4.78 is 5.77. The van der Waals surface area contributed by atoms with Gasteiger partial charge in [0.15, 0.2) is 5.96 Å². The molecule has 5 nitrogen and oxygen atoms in total. The van der Waals surface area contributed by atoms with Gasteiger partial charge in [-0.15, -0.1) is 24.0 Å². The number of nitrogens with one attached hydrogen (secondary N) is 2. The highest BCUT2D eigenvalue weighted by Gasteiger charge is 2.01. The summed E-state index contributed by atoms with van der Waals surface area (Å²) in [6.45, 7) is 4.03. The van der Waals surface area contributed by atoms with Gasteiger partial charge in [-0.25, -0.2) is 0 Å². The third-order valence-corrected chi connectivity index (χ3v) is 3.63. The first-order valence-corrected chi connectivity index (χ1v) is 8.30. The smallest absolute Gasteiger partial charge is 0.191 e. The van der Waals surface area contributed by atoms with Crippen LogP contribution in [0.15, 0.2) is 47.6 Å². The number of aromatic nitrogens is 1. The Balaban J connectivity index is 0.00000312. The monoisotopic (exact) mass is 474 g/mol. The number of aliphatic imine (C=N–C) groups is 1. The molecule has 0 saturated heterocycles. The Morgan fingerprint density at radius 3 is 2.76 bits per heavy atom. The number of hydrogen-bond donors (Lipinski definition) is 2. The Morgan fingerprint density at radius 1 is 1.24 bits per heavy atom. The fourth-order valence-corrected chi connectivity index (χ4v) is 2.36. The number of rotatable bonds is 7. The maximum Gasteiger partial charge on any atom is 0.191 e. The zero-order valence-electron chi connectivity index (χ0n) is 14.5. The topological polar surface area (TPSA) is 58.5 Å². The van der Waals surface area contributed by atoms with Crippen LogP contribution in [0, 0.1) is 6.92 Å². The van der Waals surface area contributed by atoms with Gasteiger partial charge in [0.1, 0.15) is 5.75 Å². The van der Waals surface area contributed by atoms with E-state index in [-0.39, 0.29) is 24.0 Å². The minimum atomic E-state index is 0. The third kappa shape index (κ3) is 7.92. The van der Waals surface area contributed by atoms with Crippen LogP contribution >= 0.6 is 35.6 Å². The molecule has 0 radical (unpaired) electrons. The summed E-state index contributed by atoms with van der Waals surface area (Å²) in [5, 5.41) is 7.22. The molecule has 0 spiro atoms. The van der Waals surface area contributed by atoms with E-state index in [0.29, 0.717) is 13.2 Å². The first kappa shape index (κ1) is 21.5. The lowest BCUT2D eigenvalue weighted by molar-refractivity contribution is 0.309. The van der Waals surface area contributed by atoms with Crippen LogP contribution in [-0.4, -0.2) is 31.1 Å². The molecule has 0 aliphatic carbocycles. The van der Waals surface area contributed by atoms with Crippen molar-refractivity contribution in [3.05, 3.63) is 58.9 Å². The lowest BCUT2D eigenvalue weighted by Gasteiger charge is -2.12. The molecule has 1 aromatic heterocycles. The Kier molecular flexibility index (Phi) is 10.3. The summed E-state index contributed by atoms with van der Waals surface area (Å²) in [6.07, 6.45) is 2.65. The number of ether oxygens (including phenoxy) is 1. The van der Waals surface area contributed by atoms with Crippen LogP contribution < -0.4 is 15.4 Å². The van der Waals surface area contributed by atoms with Gasteiger partial charge in [-0.3, -0.25) is 9.98 Å². The highest BCUT2D eigenvalue weighted by atomic mass is 127. The van der Waals surface area contributed by atoms with Gasteiger partial charge in [-0.05, 0) is 49.2 Å². The SMILES string of the molecule is CN=C(NCCCOc1ccc(Cl)cc1C)NCc1ccccn1.I. The molecule has 2 N–H and O–H groups in total. The number of halogens is 2.